The van der Waals surface area contributed by atoms with Gasteiger partial charge in [0.1, 0.15) is 4.21 Å². The number of hydrogen-bond donors (Lipinski definition) is 1. The van der Waals surface area contributed by atoms with Crippen molar-refractivity contribution in [3.8, 4) is 0 Å². The molecule has 1 aromatic rings. The molecule has 0 fully saturated rings. The Morgan fingerprint density at radius 3 is 2.40 bits per heavy atom. The molecule has 4 nitrogen and oxygen atoms in total. The van der Waals surface area contributed by atoms with Gasteiger partial charge in [-0.15, -0.1) is 11.3 Å². The molecule has 1 N–H and O–H groups in total. The van der Waals surface area contributed by atoms with Crippen molar-refractivity contribution in [3.63, 3.8) is 0 Å². The zero-order valence-corrected chi connectivity index (χ0v) is 14.7. The zero-order valence-electron chi connectivity index (χ0n) is 12.3. The number of halogens is 1. The molecule has 0 aliphatic rings. The van der Waals surface area contributed by atoms with Crippen LogP contribution in [0.3, 0.4) is 0 Å². The number of nitrogens with one attached hydrogen (secondary N) is 1. The van der Waals surface area contributed by atoms with E-state index in [4.69, 9.17) is 10.7 Å². The fraction of sp³-hybridized carbons (Fsp3) is 0.615. The van der Waals surface area contributed by atoms with E-state index >= 15 is 0 Å². The SMILES string of the molecule is Cc1c(C(=O)NCC(C)C(C)(C)C)csc1S(=O)(=O)Cl. The van der Waals surface area contributed by atoms with Crippen LogP contribution in [0.2, 0.25) is 0 Å². The van der Waals surface area contributed by atoms with Gasteiger partial charge in [-0.25, -0.2) is 8.42 Å². The summed E-state index contributed by atoms with van der Waals surface area (Å²) in [6.07, 6.45) is 0. The van der Waals surface area contributed by atoms with Crippen molar-refractivity contribution >= 4 is 37.0 Å². The standard InChI is InChI=1S/C13H20ClNO3S2/c1-8(13(3,4)5)6-15-11(16)10-7-19-12(9(10)2)20(14,17)18/h7-8H,6H2,1-5H3,(H,15,16). The molecule has 20 heavy (non-hydrogen) atoms. The molecule has 0 aromatic carbocycles. The van der Waals surface area contributed by atoms with Crippen molar-refractivity contribution in [2.45, 2.75) is 38.8 Å². The molecule has 0 aliphatic heterocycles. The lowest BCUT2D eigenvalue weighted by Gasteiger charge is -2.27. The molecule has 7 heteroatoms. The van der Waals surface area contributed by atoms with E-state index in [1.54, 1.807) is 6.92 Å². The first-order chi connectivity index (χ1) is 8.94. The molecule has 1 unspecified atom stereocenters. The van der Waals surface area contributed by atoms with Crippen LogP contribution >= 0.6 is 22.0 Å². The Labute approximate surface area is 129 Å². The van der Waals surface area contributed by atoms with E-state index in [0.29, 0.717) is 23.6 Å². The Kier molecular flexibility index (Phi) is 5.27. The van der Waals surface area contributed by atoms with Crippen LogP contribution in [-0.2, 0) is 9.05 Å². The number of hydrogen-bond acceptors (Lipinski definition) is 4. The molecule has 1 heterocycles. The van der Waals surface area contributed by atoms with Crippen LogP contribution in [0.1, 0.15) is 43.6 Å². The second-order valence-electron chi connectivity index (χ2n) is 5.98. The van der Waals surface area contributed by atoms with Crippen LogP contribution < -0.4 is 5.32 Å². The quantitative estimate of drug-likeness (QED) is 0.856. The Balaban J connectivity index is 2.83. The highest BCUT2D eigenvalue weighted by molar-refractivity contribution is 8.15. The molecule has 0 saturated heterocycles. The Hall–Kier alpha value is -0.590. The van der Waals surface area contributed by atoms with Gasteiger partial charge >= 0.3 is 0 Å². The predicted octanol–water partition coefficient (Wildman–Crippen LogP) is 3.40. The summed E-state index contributed by atoms with van der Waals surface area (Å²) < 4.78 is 22.7. The molecule has 1 rings (SSSR count). The van der Waals surface area contributed by atoms with Gasteiger partial charge in [0, 0.05) is 22.6 Å². The smallest absolute Gasteiger partial charge is 0.271 e. The molecule has 0 saturated carbocycles. The lowest BCUT2D eigenvalue weighted by atomic mass is 9.82. The molecular weight excluding hydrogens is 318 g/mol. The summed E-state index contributed by atoms with van der Waals surface area (Å²) in [6.45, 7) is 10.5. The van der Waals surface area contributed by atoms with Gasteiger partial charge in [0.2, 0.25) is 0 Å². The summed E-state index contributed by atoms with van der Waals surface area (Å²) in [5.74, 6) is 0.0445. The third-order valence-corrected chi connectivity index (χ3v) is 6.81. The maximum absolute atomic E-state index is 12.1. The van der Waals surface area contributed by atoms with Crippen molar-refractivity contribution in [2.24, 2.45) is 11.3 Å². The van der Waals surface area contributed by atoms with E-state index < -0.39 is 9.05 Å². The van der Waals surface area contributed by atoms with Crippen LogP contribution in [0.5, 0.6) is 0 Å². The maximum Gasteiger partial charge on any atom is 0.271 e. The highest BCUT2D eigenvalue weighted by atomic mass is 35.7. The van der Waals surface area contributed by atoms with E-state index in [1.807, 2.05) is 0 Å². The minimum absolute atomic E-state index is 0.0354. The van der Waals surface area contributed by atoms with Gasteiger partial charge in [0.05, 0.1) is 5.56 Å². The second kappa shape index (κ2) is 6.03. The van der Waals surface area contributed by atoms with Gasteiger partial charge < -0.3 is 5.32 Å². The van der Waals surface area contributed by atoms with Gasteiger partial charge in [-0.3, -0.25) is 4.79 Å². The van der Waals surface area contributed by atoms with Crippen LogP contribution in [0.4, 0.5) is 0 Å². The summed E-state index contributed by atoms with van der Waals surface area (Å²) >= 11 is 0.970. The summed E-state index contributed by atoms with van der Waals surface area (Å²) in [4.78, 5) is 12.1. The highest BCUT2D eigenvalue weighted by Gasteiger charge is 2.24. The topological polar surface area (TPSA) is 63.2 Å². The molecule has 1 atom stereocenters. The van der Waals surface area contributed by atoms with Crippen LogP contribution in [0, 0.1) is 18.3 Å². The minimum Gasteiger partial charge on any atom is -0.352 e. The third kappa shape index (κ3) is 4.20. The third-order valence-electron chi connectivity index (χ3n) is 3.51. The first-order valence-corrected chi connectivity index (χ1v) is 9.44. The van der Waals surface area contributed by atoms with Crippen molar-refractivity contribution in [3.05, 3.63) is 16.5 Å². The molecule has 0 spiro atoms. The normalized spacial score (nSPS) is 14.1. The first-order valence-electron chi connectivity index (χ1n) is 6.25. The number of amides is 1. The van der Waals surface area contributed by atoms with E-state index in [-0.39, 0.29) is 15.5 Å². The van der Waals surface area contributed by atoms with Gasteiger partial charge in [-0.05, 0) is 23.8 Å². The molecule has 0 radical (unpaired) electrons. The molecular formula is C13H20ClNO3S2. The van der Waals surface area contributed by atoms with Gasteiger partial charge in [0.15, 0.2) is 0 Å². The van der Waals surface area contributed by atoms with Crippen LogP contribution in [-0.4, -0.2) is 20.9 Å². The van der Waals surface area contributed by atoms with Crippen molar-refractivity contribution in [1.82, 2.24) is 5.32 Å². The van der Waals surface area contributed by atoms with E-state index in [0.717, 1.165) is 11.3 Å². The number of carbonyl (C=O) groups excluding carboxylic acids is 1. The fourth-order valence-corrected chi connectivity index (χ4v) is 4.06. The van der Waals surface area contributed by atoms with E-state index in [1.165, 1.54) is 5.38 Å². The van der Waals surface area contributed by atoms with E-state index in [2.05, 4.69) is 33.0 Å². The Bertz CT molecular complexity index is 600. The first kappa shape index (κ1) is 17.5. The van der Waals surface area contributed by atoms with Crippen LogP contribution in [0.15, 0.2) is 9.59 Å². The van der Waals surface area contributed by atoms with E-state index in [9.17, 15) is 13.2 Å². The molecule has 0 bridgehead atoms. The number of rotatable bonds is 4. The summed E-state index contributed by atoms with van der Waals surface area (Å²) in [7, 11) is 1.53. The van der Waals surface area contributed by atoms with Crippen molar-refractivity contribution < 1.29 is 13.2 Å². The highest BCUT2D eigenvalue weighted by Crippen LogP contribution is 2.29. The molecule has 0 aliphatic carbocycles. The average Bonchev–Trinajstić information content (AvgIpc) is 2.65. The fourth-order valence-electron chi connectivity index (χ4n) is 1.51. The van der Waals surface area contributed by atoms with Gasteiger partial charge in [0.25, 0.3) is 15.0 Å². The van der Waals surface area contributed by atoms with Gasteiger partial charge in [-0.1, -0.05) is 27.7 Å². The maximum atomic E-state index is 12.1. The number of thiophene rings is 1. The molecule has 1 amide bonds. The molecule has 114 valence electrons. The second-order valence-corrected chi connectivity index (χ2v) is 9.62. The largest absolute Gasteiger partial charge is 0.352 e. The lowest BCUT2D eigenvalue weighted by Crippen LogP contribution is -2.33. The molecule has 1 aromatic heterocycles. The zero-order chi connectivity index (χ0) is 15.7. The minimum atomic E-state index is -3.79. The Morgan fingerprint density at radius 1 is 1.45 bits per heavy atom. The summed E-state index contributed by atoms with van der Waals surface area (Å²) in [5.41, 5.74) is 0.878. The lowest BCUT2D eigenvalue weighted by molar-refractivity contribution is 0.0937. The monoisotopic (exact) mass is 337 g/mol. The van der Waals surface area contributed by atoms with Crippen molar-refractivity contribution in [2.75, 3.05) is 6.54 Å². The number of carbonyl (C=O) groups is 1. The summed E-state index contributed by atoms with van der Waals surface area (Å²) in [5, 5.41) is 4.37. The van der Waals surface area contributed by atoms with Crippen molar-refractivity contribution in [1.29, 1.82) is 0 Å². The predicted molar refractivity (Wildman–Crippen MR) is 83.0 cm³/mol. The van der Waals surface area contributed by atoms with Gasteiger partial charge in [-0.2, -0.15) is 0 Å². The van der Waals surface area contributed by atoms with Crippen LogP contribution in [0.25, 0.3) is 0 Å². The Morgan fingerprint density at radius 2 is 2.00 bits per heavy atom. The average molecular weight is 338 g/mol. The summed E-state index contributed by atoms with van der Waals surface area (Å²) in [6, 6.07) is 0.